The molecule has 1 heterocycles. The Balaban J connectivity index is 2.58. The summed E-state index contributed by atoms with van der Waals surface area (Å²) in [5, 5.41) is 2.93. The van der Waals surface area contributed by atoms with Crippen molar-refractivity contribution in [3.05, 3.63) is 0 Å². The van der Waals surface area contributed by atoms with Crippen LogP contribution in [-0.4, -0.2) is 12.5 Å². The third-order valence-corrected chi connectivity index (χ3v) is 3.36. The summed E-state index contributed by atoms with van der Waals surface area (Å²) in [7, 11) is 0. The van der Waals surface area contributed by atoms with E-state index in [1.165, 1.54) is 12.8 Å². The number of hydrogen-bond donors (Lipinski definition) is 1. The Labute approximate surface area is 74.7 Å². The van der Waals surface area contributed by atoms with Crippen LogP contribution in [0.5, 0.6) is 0 Å². The van der Waals surface area contributed by atoms with Crippen LogP contribution >= 0.6 is 0 Å². The van der Waals surface area contributed by atoms with E-state index in [9.17, 15) is 4.79 Å². The molecule has 1 fully saturated rings. The summed E-state index contributed by atoms with van der Waals surface area (Å²) in [4.78, 5) is 11.1. The van der Waals surface area contributed by atoms with E-state index in [-0.39, 0.29) is 5.91 Å². The Kier molecular flexibility index (Phi) is 3.12. The minimum absolute atomic E-state index is 0.235. The molecular formula is C10H19NO. The number of amides is 1. The fourth-order valence-corrected chi connectivity index (χ4v) is 2.02. The fourth-order valence-electron chi connectivity index (χ4n) is 2.02. The molecule has 0 spiro atoms. The molecule has 0 atom stereocenters. The lowest BCUT2D eigenvalue weighted by Gasteiger charge is -2.29. The highest BCUT2D eigenvalue weighted by molar-refractivity contribution is 5.76. The van der Waals surface area contributed by atoms with Gasteiger partial charge in [-0.3, -0.25) is 4.79 Å². The summed E-state index contributed by atoms with van der Waals surface area (Å²) < 4.78 is 0. The number of carbonyl (C=O) groups excluding carboxylic acids is 1. The molecular weight excluding hydrogens is 150 g/mol. The largest absolute Gasteiger partial charge is 0.356 e. The Morgan fingerprint density at radius 2 is 2.00 bits per heavy atom. The van der Waals surface area contributed by atoms with E-state index in [2.05, 4.69) is 19.2 Å². The maximum absolute atomic E-state index is 11.1. The summed E-state index contributed by atoms with van der Waals surface area (Å²) >= 11 is 0. The van der Waals surface area contributed by atoms with Crippen LogP contribution in [0.3, 0.4) is 0 Å². The fraction of sp³-hybridized carbons (Fsp3) is 0.900. The van der Waals surface area contributed by atoms with E-state index < -0.39 is 0 Å². The average molecular weight is 169 g/mol. The van der Waals surface area contributed by atoms with Gasteiger partial charge >= 0.3 is 0 Å². The monoisotopic (exact) mass is 169 g/mol. The molecule has 1 saturated heterocycles. The molecule has 0 aliphatic carbocycles. The molecule has 2 heteroatoms. The molecule has 0 saturated carbocycles. The Morgan fingerprint density at radius 3 is 2.58 bits per heavy atom. The zero-order valence-corrected chi connectivity index (χ0v) is 8.15. The third kappa shape index (κ3) is 1.99. The number of rotatable bonds is 2. The van der Waals surface area contributed by atoms with Crippen molar-refractivity contribution >= 4 is 5.91 Å². The molecule has 0 radical (unpaired) electrons. The van der Waals surface area contributed by atoms with Crippen LogP contribution in [0.25, 0.3) is 0 Å². The lowest BCUT2D eigenvalue weighted by atomic mass is 9.76. The van der Waals surface area contributed by atoms with Gasteiger partial charge in [0.05, 0.1) is 0 Å². The van der Waals surface area contributed by atoms with Crippen LogP contribution < -0.4 is 5.32 Å². The lowest BCUT2D eigenvalue weighted by molar-refractivity contribution is -0.120. The van der Waals surface area contributed by atoms with Gasteiger partial charge in [-0.05, 0) is 18.3 Å². The number of hydrogen-bond acceptors (Lipinski definition) is 1. The maximum atomic E-state index is 11.1. The Hall–Kier alpha value is -0.530. The Morgan fingerprint density at radius 1 is 1.33 bits per heavy atom. The second-order valence-corrected chi connectivity index (χ2v) is 3.81. The van der Waals surface area contributed by atoms with Crippen molar-refractivity contribution in [1.29, 1.82) is 0 Å². The smallest absolute Gasteiger partial charge is 0.220 e. The highest BCUT2D eigenvalue weighted by atomic mass is 16.1. The SMILES string of the molecule is CCC1(CC)CCNC(=O)CC1. The highest BCUT2D eigenvalue weighted by Gasteiger charge is 2.28. The molecule has 1 aliphatic rings. The molecule has 0 aromatic heterocycles. The molecule has 70 valence electrons. The van der Waals surface area contributed by atoms with Crippen LogP contribution in [0.4, 0.5) is 0 Å². The molecule has 0 aromatic rings. The van der Waals surface area contributed by atoms with Gasteiger partial charge in [-0.2, -0.15) is 0 Å². The van der Waals surface area contributed by atoms with E-state index in [0.29, 0.717) is 5.41 Å². The number of nitrogens with one attached hydrogen (secondary N) is 1. The van der Waals surface area contributed by atoms with Gasteiger partial charge < -0.3 is 5.32 Å². The van der Waals surface area contributed by atoms with E-state index in [1.54, 1.807) is 0 Å². The van der Waals surface area contributed by atoms with Crippen molar-refractivity contribution in [2.24, 2.45) is 5.41 Å². The third-order valence-electron chi connectivity index (χ3n) is 3.36. The van der Waals surface area contributed by atoms with Crippen LogP contribution in [0.2, 0.25) is 0 Å². The van der Waals surface area contributed by atoms with Gasteiger partial charge in [0.15, 0.2) is 0 Å². The van der Waals surface area contributed by atoms with E-state index in [1.807, 2.05) is 0 Å². The van der Waals surface area contributed by atoms with Gasteiger partial charge in [0, 0.05) is 13.0 Å². The van der Waals surface area contributed by atoms with Crippen molar-refractivity contribution in [2.45, 2.75) is 46.0 Å². The van der Waals surface area contributed by atoms with Gasteiger partial charge in [-0.15, -0.1) is 0 Å². The van der Waals surface area contributed by atoms with Crippen molar-refractivity contribution in [1.82, 2.24) is 5.32 Å². The molecule has 0 bridgehead atoms. The molecule has 1 aliphatic heterocycles. The topological polar surface area (TPSA) is 29.1 Å². The van der Waals surface area contributed by atoms with E-state index >= 15 is 0 Å². The van der Waals surface area contributed by atoms with Crippen molar-refractivity contribution in [2.75, 3.05) is 6.54 Å². The van der Waals surface area contributed by atoms with Crippen LogP contribution in [0.15, 0.2) is 0 Å². The van der Waals surface area contributed by atoms with Crippen LogP contribution in [0.1, 0.15) is 46.0 Å². The molecule has 1 N–H and O–H groups in total. The first-order valence-corrected chi connectivity index (χ1v) is 4.99. The molecule has 2 nitrogen and oxygen atoms in total. The molecule has 12 heavy (non-hydrogen) atoms. The summed E-state index contributed by atoms with van der Waals surface area (Å²) in [5.41, 5.74) is 0.444. The predicted octanol–water partition coefficient (Wildman–Crippen LogP) is 2.09. The first-order chi connectivity index (χ1) is 5.72. The standard InChI is InChI=1S/C10H19NO/c1-3-10(4-2)6-5-9(12)11-8-7-10/h3-8H2,1-2H3,(H,11,12). The second-order valence-electron chi connectivity index (χ2n) is 3.81. The quantitative estimate of drug-likeness (QED) is 0.674. The predicted molar refractivity (Wildman–Crippen MR) is 49.9 cm³/mol. The van der Waals surface area contributed by atoms with Gasteiger partial charge in [0.1, 0.15) is 0 Å². The van der Waals surface area contributed by atoms with Gasteiger partial charge in [-0.1, -0.05) is 26.7 Å². The van der Waals surface area contributed by atoms with Crippen LogP contribution in [0, 0.1) is 5.41 Å². The molecule has 0 unspecified atom stereocenters. The summed E-state index contributed by atoms with van der Waals surface area (Å²) in [6, 6.07) is 0. The first-order valence-electron chi connectivity index (χ1n) is 4.99. The summed E-state index contributed by atoms with van der Waals surface area (Å²) in [5.74, 6) is 0.235. The average Bonchev–Trinajstić information content (AvgIpc) is 2.28. The summed E-state index contributed by atoms with van der Waals surface area (Å²) in [6.07, 6.45) is 5.37. The van der Waals surface area contributed by atoms with Crippen molar-refractivity contribution in [3.63, 3.8) is 0 Å². The maximum Gasteiger partial charge on any atom is 0.220 e. The molecule has 1 amide bonds. The minimum Gasteiger partial charge on any atom is -0.356 e. The van der Waals surface area contributed by atoms with Gasteiger partial charge in [0.25, 0.3) is 0 Å². The second kappa shape index (κ2) is 3.92. The van der Waals surface area contributed by atoms with Gasteiger partial charge in [0.2, 0.25) is 5.91 Å². The zero-order valence-electron chi connectivity index (χ0n) is 8.15. The van der Waals surface area contributed by atoms with Crippen LogP contribution in [-0.2, 0) is 4.79 Å². The van der Waals surface area contributed by atoms with E-state index in [4.69, 9.17) is 0 Å². The minimum atomic E-state index is 0.235. The highest BCUT2D eigenvalue weighted by Crippen LogP contribution is 2.36. The lowest BCUT2D eigenvalue weighted by Crippen LogP contribution is -2.23. The van der Waals surface area contributed by atoms with Crippen molar-refractivity contribution < 1.29 is 4.79 Å². The van der Waals surface area contributed by atoms with Gasteiger partial charge in [-0.25, -0.2) is 0 Å². The normalized spacial score (nSPS) is 23.0. The first kappa shape index (κ1) is 9.56. The summed E-state index contributed by atoms with van der Waals surface area (Å²) in [6.45, 7) is 5.35. The number of carbonyl (C=O) groups is 1. The van der Waals surface area contributed by atoms with Crippen molar-refractivity contribution in [3.8, 4) is 0 Å². The zero-order chi connectivity index (χ0) is 9.03. The Bertz CT molecular complexity index is 161. The van der Waals surface area contributed by atoms with E-state index in [0.717, 1.165) is 25.8 Å². The molecule has 0 aromatic carbocycles. The molecule has 1 rings (SSSR count).